The van der Waals surface area contributed by atoms with Crippen LogP contribution in [0.4, 0.5) is 4.79 Å². The smallest absolute Gasteiger partial charge is 0.407 e. The molecule has 0 radical (unpaired) electrons. The van der Waals surface area contributed by atoms with Gasteiger partial charge >= 0.3 is 6.09 Å². The normalized spacial score (nSPS) is 34.1. The van der Waals surface area contributed by atoms with Crippen LogP contribution in [0.25, 0.3) is 0 Å². The topological polar surface area (TPSA) is 69.6 Å². The quantitative estimate of drug-likeness (QED) is 0.828. The van der Waals surface area contributed by atoms with E-state index in [2.05, 4.69) is 22.9 Å². The van der Waals surface area contributed by atoms with Crippen molar-refractivity contribution < 1.29 is 14.1 Å². The lowest BCUT2D eigenvalue weighted by Gasteiger charge is -2.47. The molecule has 1 aliphatic carbocycles. The number of benzene rings is 1. The first-order valence-corrected chi connectivity index (χ1v) is 10.6. The van der Waals surface area contributed by atoms with Gasteiger partial charge in [-0.05, 0) is 69.4 Å². The van der Waals surface area contributed by atoms with Gasteiger partial charge in [0.1, 0.15) is 0 Å². The lowest BCUT2D eigenvalue weighted by Crippen LogP contribution is -2.53. The molecule has 3 aliphatic rings. The Hall–Kier alpha value is -1.40. The summed E-state index contributed by atoms with van der Waals surface area (Å²) in [6, 6.07) is 8.64. The molecule has 5 nitrogen and oxygen atoms in total. The Kier molecular flexibility index (Phi) is 4.19. The monoisotopic (exact) mass is 376 g/mol. The van der Waals surface area contributed by atoms with Crippen molar-refractivity contribution in [2.24, 2.45) is 5.41 Å². The molecule has 6 heteroatoms. The number of amides is 1. The van der Waals surface area contributed by atoms with Crippen molar-refractivity contribution in [3.8, 4) is 0 Å². The fourth-order valence-electron chi connectivity index (χ4n) is 5.34. The molecule has 0 saturated carbocycles. The molecule has 2 aliphatic heterocycles. The number of nitrogens with one attached hydrogen (secondary N) is 1. The summed E-state index contributed by atoms with van der Waals surface area (Å²) in [4.78, 5) is 13.4. The number of piperidine rings is 1. The molecule has 1 aromatic rings. The number of fused-ring (bicyclic) bond motifs is 3. The molecule has 2 saturated heterocycles. The summed E-state index contributed by atoms with van der Waals surface area (Å²) < 4.78 is 16.0. The summed E-state index contributed by atoms with van der Waals surface area (Å²) in [6.45, 7) is 5.96. The van der Waals surface area contributed by atoms with E-state index in [0.29, 0.717) is 0 Å². The number of carbonyl (C=O) groups is 1. The predicted molar refractivity (Wildman–Crippen MR) is 102 cm³/mol. The highest BCUT2D eigenvalue weighted by atomic mass is 32.2. The van der Waals surface area contributed by atoms with E-state index in [1.165, 1.54) is 11.1 Å². The van der Waals surface area contributed by atoms with E-state index in [9.17, 15) is 14.1 Å². The highest BCUT2D eigenvalue weighted by molar-refractivity contribution is 7.84. The van der Waals surface area contributed by atoms with E-state index >= 15 is 0 Å². The van der Waals surface area contributed by atoms with Crippen LogP contribution in [0.3, 0.4) is 0 Å². The van der Waals surface area contributed by atoms with Crippen molar-refractivity contribution >= 4 is 17.1 Å². The molecule has 2 bridgehead atoms. The van der Waals surface area contributed by atoms with E-state index in [-0.39, 0.29) is 28.3 Å². The van der Waals surface area contributed by atoms with Crippen LogP contribution >= 0.6 is 0 Å². The Balaban J connectivity index is 1.69. The van der Waals surface area contributed by atoms with Crippen molar-refractivity contribution in [2.45, 2.75) is 75.7 Å². The van der Waals surface area contributed by atoms with Crippen molar-refractivity contribution in [3.05, 3.63) is 35.4 Å². The van der Waals surface area contributed by atoms with Gasteiger partial charge in [0, 0.05) is 12.1 Å². The van der Waals surface area contributed by atoms with Crippen LogP contribution in [0.5, 0.6) is 0 Å². The van der Waals surface area contributed by atoms with E-state index in [0.717, 1.165) is 32.1 Å². The Morgan fingerprint density at radius 1 is 1.23 bits per heavy atom. The zero-order valence-electron chi connectivity index (χ0n) is 15.7. The molecule has 26 heavy (non-hydrogen) atoms. The largest absolute Gasteiger partial charge is 0.465 e. The first-order chi connectivity index (χ1) is 12.2. The second-order valence-electron chi connectivity index (χ2n) is 9.15. The lowest BCUT2D eigenvalue weighted by molar-refractivity contribution is 0.0318. The van der Waals surface area contributed by atoms with E-state index in [4.69, 9.17) is 0 Å². The number of hydrogen-bond acceptors (Lipinski definition) is 2. The second-order valence-corrected chi connectivity index (χ2v) is 11.2. The molecule has 2 unspecified atom stereocenters. The Labute approximate surface area is 157 Å². The molecule has 2 heterocycles. The van der Waals surface area contributed by atoms with Crippen LogP contribution in [-0.4, -0.2) is 37.1 Å². The molecule has 0 aromatic heterocycles. The zero-order chi connectivity index (χ0) is 18.7. The molecular formula is C20H28N2O3S. The summed E-state index contributed by atoms with van der Waals surface area (Å²) in [5.41, 5.74) is 2.52. The van der Waals surface area contributed by atoms with Gasteiger partial charge in [0.05, 0.1) is 21.8 Å². The highest BCUT2D eigenvalue weighted by Crippen LogP contribution is 2.57. The second kappa shape index (κ2) is 6.06. The molecular weight excluding hydrogens is 348 g/mol. The number of hydrogen-bond donors (Lipinski definition) is 2. The molecule has 5 atom stereocenters. The fourth-order valence-corrected chi connectivity index (χ4v) is 6.28. The molecule has 2 N–H and O–H groups in total. The van der Waals surface area contributed by atoms with Crippen molar-refractivity contribution in [3.63, 3.8) is 0 Å². The highest BCUT2D eigenvalue weighted by Gasteiger charge is 2.56. The maximum absolute atomic E-state index is 12.9. The van der Waals surface area contributed by atoms with E-state index in [1.54, 1.807) is 4.90 Å². The minimum atomic E-state index is -1.16. The minimum absolute atomic E-state index is 0.0257. The van der Waals surface area contributed by atoms with Crippen LogP contribution in [0.15, 0.2) is 24.3 Å². The van der Waals surface area contributed by atoms with Gasteiger partial charge in [0.25, 0.3) is 0 Å². The summed E-state index contributed by atoms with van der Waals surface area (Å²) in [7, 11) is -1.16. The van der Waals surface area contributed by atoms with Crippen LogP contribution in [0.1, 0.15) is 63.6 Å². The molecule has 4 rings (SSSR count). The average molecular weight is 377 g/mol. The summed E-state index contributed by atoms with van der Waals surface area (Å²) in [6.07, 6.45) is 3.76. The van der Waals surface area contributed by atoms with Gasteiger partial charge in [-0.2, -0.15) is 0 Å². The van der Waals surface area contributed by atoms with Crippen molar-refractivity contribution in [2.75, 3.05) is 0 Å². The third-order valence-electron chi connectivity index (χ3n) is 6.43. The summed E-state index contributed by atoms with van der Waals surface area (Å²) in [5, 5.41) is 9.60. The van der Waals surface area contributed by atoms with Gasteiger partial charge in [-0.15, -0.1) is 0 Å². The third kappa shape index (κ3) is 2.78. The average Bonchev–Trinajstić information content (AvgIpc) is 3.00. The Morgan fingerprint density at radius 3 is 2.42 bits per heavy atom. The summed E-state index contributed by atoms with van der Waals surface area (Å²) >= 11 is 0. The Bertz CT molecular complexity index is 744. The molecule has 2 fully saturated rings. The summed E-state index contributed by atoms with van der Waals surface area (Å²) in [5.74, 6) is 0. The van der Waals surface area contributed by atoms with Gasteiger partial charge in [-0.3, -0.25) is 0 Å². The first-order valence-electron chi connectivity index (χ1n) is 9.48. The number of nitrogens with zero attached hydrogens (tertiary/aromatic N) is 1. The molecule has 1 amide bonds. The van der Waals surface area contributed by atoms with Crippen LogP contribution in [-0.2, 0) is 17.4 Å². The van der Waals surface area contributed by atoms with Gasteiger partial charge < -0.3 is 10.0 Å². The van der Waals surface area contributed by atoms with Gasteiger partial charge in [0.15, 0.2) is 0 Å². The van der Waals surface area contributed by atoms with Crippen molar-refractivity contribution in [1.82, 2.24) is 9.62 Å². The zero-order valence-corrected chi connectivity index (χ0v) is 16.5. The van der Waals surface area contributed by atoms with Crippen molar-refractivity contribution in [1.29, 1.82) is 0 Å². The fraction of sp³-hybridized carbons (Fsp3) is 0.650. The van der Waals surface area contributed by atoms with Crippen LogP contribution in [0, 0.1) is 5.41 Å². The maximum atomic E-state index is 12.9. The maximum Gasteiger partial charge on any atom is 0.407 e. The predicted octanol–water partition coefficient (Wildman–Crippen LogP) is 3.63. The van der Waals surface area contributed by atoms with Crippen LogP contribution in [0.2, 0.25) is 0 Å². The standard InChI is InChI=1S/C20H28N2O3S/c1-19(2,3)26(25)21-17-16-7-5-4-6-13(16)10-20(17)11-14-8-9-15(12-20)22(14)18(23)24/h4-7,14-15,17,21H,8-12H2,1-3H3,(H,23,24)/t14-,15+,17-,20?,26?/m1/s1. The minimum Gasteiger partial charge on any atom is -0.465 e. The van der Waals surface area contributed by atoms with Gasteiger partial charge in [-0.1, -0.05) is 24.3 Å². The molecule has 1 aromatic carbocycles. The SMILES string of the molecule is CC(C)(C)S(=O)N[C@@H]1c2ccccc2CC12C[C@H]1CC[C@@H](C2)N1C(=O)O. The van der Waals surface area contributed by atoms with Gasteiger partial charge in [-0.25, -0.2) is 13.7 Å². The third-order valence-corrected chi connectivity index (χ3v) is 7.99. The lowest BCUT2D eigenvalue weighted by atomic mass is 9.70. The first kappa shape index (κ1) is 18.0. The van der Waals surface area contributed by atoms with E-state index < -0.39 is 17.1 Å². The number of rotatable bonds is 2. The van der Waals surface area contributed by atoms with Gasteiger partial charge in [0.2, 0.25) is 0 Å². The molecule has 142 valence electrons. The number of carboxylic acid groups (broad SMARTS) is 1. The molecule has 1 spiro atoms. The van der Waals surface area contributed by atoms with Crippen LogP contribution < -0.4 is 4.72 Å². The Morgan fingerprint density at radius 2 is 1.85 bits per heavy atom. The van der Waals surface area contributed by atoms with E-state index in [1.807, 2.05) is 26.8 Å².